The molecule has 0 saturated carbocycles. The second kappa shape index (κ2) is 9.32. The topological polar surface area (TPSA) is 33.6 Å². The van der Waals surface area contributed by atoms with E-state index in [9.17, 15) is 0 Å². The van der Waals surface area contributed by atoms with Crippen molar-refractivity contribution < 1.29 is 4.74 Å². The van der Waals surface area contributed by atoms with Crippen molar-refractivity contribution in [3.8, 4) is 0 Å². The van der Waals surface area contributed by atoms with Gasteiger partial charge in [-0.1, -0.05) is 59.1 Å². The molecule has 0 aromatic rings. The first kappa shape index (κ1) is 18.4. The van der Waals surface area contributed by atoms with Gasteiger partial charge in [-0.25, -0.2) is 0 Å². The average molecular weight is 276 g/mol. The smallest absolute Gasteiger partial charge is 0.136 e. The maximum Gasteiger partial charge on any atom is 0.136 e. The summed E-state index contributed by atoms with van der Waals surface area (Å²) in [6.07, 6.45) is 7.49. The van der Waals surface area contributed by atoms with Gasteiger partial charge in [-0.15, -0.1) is 0 Å². The molecule has 0 aliphatic carbocycles. The average Bonchev–Trinajstić information content (AvgIpc) is 2.44. The van der Waals surface area contributed by atoms with E-state index >= 15 is 0 Å². The van der Waals surface area contributed by atoms with Crippen LogP contribution < -0.4 is 5.32 Å². The van der Waals surface area contributed by atoms with Crippen molar-refractivity contribution in [2.45, 2.75) is 40.2 Å². The number of nitrogens with zero attached hydrogens (tertiary/aromatic N) is 1. The molecule has 3 nitrogen and oxygen atoms in total. The van der Waals surface area contributed by atoms with E-state index in [1.54, 1.807) is 12.2 Å². The summed E-state index contributed by atoms with van der Waals surface area (Å²) < 4.78 is 5.30. The minimum absolute atomic E-state index is 0.210. The molecule has 0 bridgehead atoms. The standard InChI is InChI=1S/C13H16N2O.2C2H6/c1-4-6-11-12(7-5-2)14-10(3)15-13(11)8-16-9-13;2*1-2/h4-7H,1-2,8-9H2,3H3,(H,14,15);2*1-2H3/b11-6+,12-7+;;. The van der Waals surface area contributed by atoms with Crippen molar-refractivity contribution in [3.05, 3.63) is 48.7 Å². The van der Waals surface area contributed by atoms with E-state index in [0.717, 1.165) is 17.1 Å². The fraction of sp³-hybridized carbons (Fsp3) is 0.471. The van der Waals surface area contributed by atoms with Crippen LogP contribution in [0.1, 0.15) is 34.6 Å². The van der Waals surface area contributed by atoms with Crippen LogP contribution in [0.4, 0.5) is 0 Å². The third-order valence-electron chi connectivity index (χ3n) is 2.74. The van der Waals surface area contributed by atoms with Gasteiger partial charge in [0.2, 0.25) is 0 Å². The Morgan fingerprint density at radius 2 is 1.65 bits per heavy atom. The van der Waals surface area contributed by atoms with Crippen LogP contribution in [0.15, 0.2) is 53.7 Å². The van der Waals surface area contributed by atoms with E-state index in [0.29, 0.717) is 13.2 Å². The molecular weight excluding hydrogens is 248 g/mol. The molecule has 2 heterocycles. The van der Waals surface area contributed by atoms with Crippen molar-refractivity contribution in [2.75, 3.05) is 13.2 Å². The van der Waals surface area contributed by atoms with Gasteiger partial charge >= 0.3 is 0 Å². The number of ether oxygens (including phenoxy) is 1. The van der Waals surface area contributed by atoms with Gasteiger partial charge in [-0.2, -0.15) is 0 Å². The molecular formula is C17H28N2O. The minimum atomic E-state index is -0.210. The van der Waals surface area contributed by atoms with Crippen molar-refractivity contribution in [3.63, 3.8) is 0 Å². The molecule has 20 heavy (non-hydrogen) atoms. The van der Waals surface area contributed by atoms with Crippen molar-refractivity contribution in [2.24, 2.45) is 4.99 Å². The number of hydrogen-bond donors (Lipinski definition) is 1. The Kier molecular flexibility index (Phi) is 8.57. The van der Waals surface area contributed by atoms with Gasteiger partial charge in [0.05, 0.1) is 19.0 Å². The van der Waals surface area contributed by atoms with E-state index < -0.39 is 0 Å². The zero-order valence-electron chi connectivity index (χ0n) is 13.5. The highest BCUT2D eigenvalue weighted by Gasteiger charge is 2.45. The quantitative estimate of drug-likeness (QED) is 0.826. The van der Waals surface area contributed by atoms with Crippen LogP contribution in [0.25, 0.3) is 0 Å². The molecule has 0 aromatic carbocycles. The molecule has 1 spiro atoms. The van der Waals surface area contributed by atoms with Crippen LogP contribution in [0.5, 0.6) is 0 Å². The Balaban J connectivity index is 0.000000829. The molecule has 0 radical (unpaired) electrons. The van der Waals surface area contributed by atoms with Crippen molar-refractivity contribution in [1.82, 2.24) is 5.32 Å². The molecule has 0 amide bonds. The zero-order valence-corrected chi connectivity index (χ0v) is 13.5. The summed E-state index contributed by atoms with van der Waals surface area (Å²) in [7, 11) is 0. The second-order valence-corrected chi connectivity index (χ2v) is 3.98. The molecule has 2 aliphatic heterocycles. The number of rotatable bonds is 2. The van der Waals surface area contributed by atoms with Crippen molar-refractivity contribution in [1.29, 1.82) is 0 Å². The first-order valence-corrected chi connectivity index (χ1v) is 7.29. The van der Waals surface area contributed by atoms with Gasteiger partial charge < -0.3 is 10.1 Å². The highest BCUT2D eigenvalue weighted by Crippen LogP contribution is 2.36. The van der Waals surface area contributed by atoms with Crippen LogP contribution in [0.2, 0.25) is 0 Å². The Morgan fingerprint density at radius 3 is 2.05 bits per heavy atom. The van der Waals surface area contributed by atoms with Gasteiger partial charge in [0.15, 0.2) is 0 Å². The van der Waals surface area contributed by atoms with Gasteiger partial charge in [0, 0.05) is 11.3 Å². The first-order chi connectivity index (χ1) is 9.72. The van der Waals surface area contributed by atoms with Crippen molar-refractivity contribution >= 4 is 5.84 Å². The minimum Gasteiger partial charge on any atom is -0.375 e. The summed E-state index contributed by atoms with van der Waals surface area (Å²) in [6, 6.07) is 0. The zero-order chi connectivity index (χ0) is 15.6. The van der Waals surface area contributed by atoms with Crippen LogP contribution in [0.3, 0.4) is 0 Å². The number of allylic oxidation sites excluding steroid dienone is 4. The number of hydrogen-bond acceptors (Lipinski definition) is 3. The van der Waals surface area contributed by atoms with Crippen LogP contribution in [-0.2, 0) is 4.74 Å². The Labute approximate surface area is 123 Å². The van der Waals surface area contributed by atoms with Crippen LogP contribution in [-0.4, -0.2) is 24.6 Å². The lowest BCUT2D eigenvalue weighted by Crippen LogP contribution is -2.54. The molecule has 1 fully saturated rings. The molecule has 0 atom stereocenters. The molecule has 1 N–H and O–H groups in total. The lowest BCUT2D eigenvalue weighted by Gasteiger charge is -2.43. The molecule has 2 aliphatic rings. The number of aliphatic imine (C=N–C) groups is 1. The summed E-state index contributed by atoms with van der Waals surface area (Å²) in [6.45, 7) is 18.7. The second-order valence-electron chi connectivity index (χ2n) is 3.98. The third-order valence-corrected chi connectivity index (χ3v) is 2.74. The highest BCUT2D eigenvalue weighted by atomic mass is 16.5. The third kappa shape index (κ3) is 3.94. The van der Waals surface area contributed by atoms with E-state index in [2.05, 4.69) is 23.5 Å². The SMILES string of the molecule is C=C/C=C1/NC(C)=NC2(COC2)/C1=C/C=C.CC.CC. The predicted octanol–water partition coefficient (Wildman–Crippen LogP) is 4.01. The normalized spacial score (nSPS) is 22.4. The summed E-state index contributed by atoms with van der Waals surface area (Å²) in [5.74, 6) is 0.914. The molecule has 1 saturated heterocycles. The Bertz CT molecular complexity index is 413. The lowest BCUT2D eigenvalue weighted by atomic mass is 9.84. The Hall–Kier alpha value is -1.61. The van der Waals surface area contributed by atoms with E-state index in [1.807, 2.05) is 46.8 Å². The largest absolute Gasteiger partial charge is 0.375 e. The highest BCUT2D eigenvalue weighted by molar-refractivity contribution is 5.85. The van der Waals surface area contributed by atoms with Gasteiger partial charge in [0.1, 0.15) is 5.54 Å². The Morgan fingerprint density at radius 1 is 1.10 bits per heavy atom. The molecule has 0 unspecified atom stereocenters. The molecule has 112 valence electrons. The maximum atomic E-state index is 5.30. The lowest BCUT2D eigenvalue weighted by molar-refractivity contribution is -0.0328. The number of amidine groups is 1. The fourth-order valence-electron chi connectivity index (χ4n) is 2.05. The molecule has 2 rings (SSSR count). The summed E-state index contributed by atoms with van der Waals surface area (Å²) in [4.78, 5) is 4.64. The first-order valence-electron chi connectivity index (χ1n) is 7.29. The summed E-state index contributed by atoms with van der Waals surface area (Å²) in [5.41, 5.74) is 1.95. The summed E-state index contributed by atoms with van der Waals surface area (Å²) in [5, 5.41) is 3.24. The van der Waals surface area contributed by atoms with E-state index in [1.165, 1.54) is 0 Å². The summed E-state index contributed by atoms with van der Waals surface area (Å²) >= 11 is 0. The van der Waals surface area contributed by atoms with E-state index in [4.69, 9.17) is 4.74 Å². The van der Waals surface area contributed by atoms with E-state index in [-0.39, 0.29) is 5.54 Å². The molecule has 0 aromatic heterocycles. The number of nitrogens with one attached hydrogen (secondary N) is 1. The maximum absolute atomic E-state index is 5.30. The van der Waals surface area contributed by atoms with Gasteiger partial charge in [-0.3, -0.25) is 4.99 Å². The van der Waals surface area contributed by atoms with Crippen LogP contribution in [0, 0.1) is 0 Å². The predicted molar refractivity (Wildman–Crippen MR) is 89.1 cm³/mol. The monoisotopic (exact) mass is 276 g/mol. The fourth-order valence-corrected chi connectivity index (χ4v) is 2.05. The van der Waals surface area contributed by atoms with Gasteiger partial charge in [0.25, 0.3) is 0 Å². The molecule has 3 heteroatoms. The van der Waals surface area contributed by atoms with Crippen LogP contribution >= 0.6 is 0 Å². The van der Waals surface area contributed by atoms with Gasteiger partial charge in [-0.05, 0) is 13.0 Å².